The predicted molar refractivity (Wildman–Crippen MR) is 59.6 cm³/mol. The lowest BCUT2D eigenvalue weighted by Gasteiger charge is -2.10. The van der Waals surface area contributed by atoms with Crippen LogP contribution in [0.5, 0.6) is 0 Å². The number of benzene rings is 1. The molecule has 0 radical (unpaired) electrons. The van der Waals surface area contributed by atoms with Crippen LogP contribution in [0.4, 0.5) is 5.69 Å². The summed E-state index contributed by atoms with van der Waals surface area (Å²) in [5.41, 5.74) is 3.26. The van der Waals surface area contributed by atoms with Crippen LogP contribution in [0.3, 0.4) is 0 Å². The van der Waals surface area contributed by atoms with Gasteiger partial charge in [-0.15, -0.1) is 0 Å². The summed E-state index contributed by atoms with van der Waals surface area (Å²) >= 11 is 1.95. The highest BCUT2D eigenvalue weighted by Gasteiger charge is 2.18. The van der Waals surface area contributed by atoms with Crippen molar-refractivity contribution >= 4 is 34.2 Å². The predicted octanol–water partition coefficient (Wildman–Crippen LogP) is 0.695. The van der Waals surface area contributed by atoms with Gasteiger partial charge in [-0.25, -0.2) is 4.79 Å². The number of halogens is 1. The molecule has 0 aromatic heterocycles. The highest BCUT2D eigenvalue weighted by atomic mass is 127. The molecule has 5 nitrogen and oxygen atoms in total. The van der Waals surface area contributed by atoms with Crippen molar-refractivity contribution in [3.63, 3.8) is 0 Å². The molecule has 0 saturated carbocycles. The molecule has 0 fully saturated rings. The van der Waals surface area contributed by atoms with Crippen LogP contribution in [0.2, 0.25) is 0 Å². The number of aliphatic hydroxyl groups is 1. The van der Waals surface area contributed by atoms with E-state index in [2.05, 4.69) is 5.43 Å². The van der Waals surface area contributed by atoms with Crippen LogP contribution in [0, 0.1) is 3.57 Å². The summed E-state index contributed by atoms with van der Waals surface area (Å²) < 4.78 is 0.677. The Morgan fingerprint density at radius 3 is 2.71 bits per heavy atom. The number of hydrogen-bond donors (Lipinski definition) is 4. The molecule has 5 N–H and O–H groups in total. The third-order valence-corrected chi connectivity index (χ3v) is 2.67. The van der Waals surface area contributed by atoms with Crippen LogP contribution >= 0.6 is 22.6 Å². The zero-order chi connectivity index (χ0) is 10.7. The molecule has 1 aromatic rings. The highest BCUT2D eigenvalue weighted by Crippen LogP contribution is 2.23. The van der Waals surface area contributed by atoms with Crippen molar-refractivity contribution in [1.29, 1.82) is 0 Å². The number of nitrogens with one attached hydrogen (secondary N) is 1. The van der Waals surface area contributed by atoms with Gasteiger partial charge in [0.15, 0.2) is 6.10 Å². The number of hydrazine groups is 1. The summed E-state index contributed by atoms with van der Waals surface area (Å²) in [6.45, 7) is 0. The van der Waals surface area contributed by atoms with Crippen molar-refractivity contribution in [2.75, 3.05) is 5.43 Å². The average molecular weight is 308 g/mol. The Balaban J connectivity index is 3.11. The molecule has 0 spiro atoms. The quantitative estimate of drug-likeness (QED) is 0.374. The molecule has 0 aliphatic heterocycles. The lowest BCUT2D eigenvalue weighted by molar-refractivity contribution is -0.147. The molecule has 0 amide bonds. The number of aliphatic carboxylic acids is 1. The second-order valence-corrected chi connectivity index (χ2v) is 3.78. The van der Waals surface area contributed by atoms with E-state index in [1.165, 1.54) is 6.07 Å². The molecule has 0 aliphatic carbocycles. The van der Waals surface area contributed by atoms with E-state index in [0.29, 0.717) is 14.8 Å². The molecule has 1 aromatic carbocycles. The van der Waals surface area contributed by atoms with Crippen LogP contribution in [-0.2, 0) is 4.79 Å². The van der Waals surface area contributed by atoms with Gasteiger partial charge in [-0.1, -0.05) is 0 Å². The number of carboxylic acid groups (broad SMARTS) is 1. The largest absolute Gasteiger partial charge is 0.479 e. The Labute approximate surface area is 94.0 Å². The van der Waals surface area contributed by atoms with Crippen LogP contribution in [0.1, 0.15) is 11.7 Å². The van der Waals surface area contributed by atoms with E-state index in [-0.39, 0.29) is 0 Å². The summed E-state index contributed by atoms with van der Waals surface area (Å²) in [6.07, 6.45) is -1.52. The Morgan fingerprint density at radius 1 is 1.57 bits per heavy atom. The lowest BCUT2D eigenvalue weighted by Crippen LogP contribution is -2.13. The molecule has 76 valence electrons. The molecular formula is C8H9IN2O3. The number of carboxylic acids is 1. The van der Waals surface area contributed by atoms with Gasteiger partial charge in [0.2, 0.25) is 0 Å². The minimum atomic E-state index is -1.52. The molecule has 1 rings (SSSR count). The van der Waals surface area contributed by atoms with Gasteiger partial charge in [0, 0.05) is 14.8 Å². The SMILES string of the molecule is NNc1ccc(I)c(C(O)C(=O)O)c1. The number of aliphatic hydroxyl groups excluding tert-OH is 1. The van der Waals surface area contributed by atoms with E-state index in [9.17, 15) is 9.90 Å². The number of hydrogen-bond acceptors (Lipinski definition) is 4. The van der Waals surface area contributed by atoms with Crippen molar-refractivity contribution in [3.8, 4) is 0 Å². The Kier molecular flexibility index (Phi) is 3.67. The minimum Gasteiger partial charge on any atom is -0.479 e. The molecule has 0 aliphatic rings. The van der Waals surface area contributed by atoms with Crippen LogP contribution in [0.15, 0.2) is 18.2 Å². The number of anilines is 1. The van der Waals surface area contributed by atoms with E-state index < -0.39 is 12.1 Å². The fourth-order valence-electron chi connectivity index (χ4n) is 0.976. The number of rotatable bonds is 3. The Bertz CT molecular complexity index is 356. The number of nitrogen functional groups attached to an aromatic ring is 1. The van der Waals surface area contributed by atoms with E-state index in [1.54, 1.807) is 12.1 Å². The van der Waals surface area contributed by atoms with E-state index >= 15 is 0 Å². The first-order chi connectivity index (χ1) is 6.56. The molecule has 0 saturated heterocycles. The normalized spacial score (nSPS) is 12.2. The van der Waals surface area contributed by atoms with Gasteiger partial charge >= 0.3 is 5.97 Å². The highest BCUT2D eigenvalue weighted by molar-refractivity contribution is 14.1. The monoisotopic (exact) mass is 308 g/mol. The zero-order valence-electron chi connectivity index (χ0n) is 7.07. The summed E-state index contributed by atoms with van der Waals surface area (Å²) in [7, 11) is 0. The number of nitrogens with two attached hydrogens (primary N) is 1. The molecule has 1 unspecified atom stereocenters. The van der Waals surface area contributed by atoms with Gasteiger partial charge in [-0.2, -0.15) is 0 Å². The summed E-state index contributed by atoms with van der Waals surface area (Å²) in [6, 6.07) is 4.87. The van der Waals surface area contributed by atoms with Gasteiger partial charge < -0.3 is 15.6 Å². The van der Waals surface area contributed by atoms with E-state index in [0.717, 1.165) is 0 Å². The molecule has 6 heteroatoms. The van der Waals surface area contributed by atoms with Crippen LogP contribution < -0.4 is 11.3 Å². The first-order valence-electron chi connectivity index (χ1n) is 3.73. The molecular weight excluding hydrogens is 299 g/mol. The maximum atomic E-state index is 10.5. The second-order valence-electron chi connectivity index (χ2n) is 2.62. The molecule has 1 atom stereocenters. The summed E-state index contributed by atoms with van der Waals surface area (Å²) in [5, 5.41) is 17.9. The third-order valence-electron chi connectivity index (χ3n) is 1.69. The van der Waals surface area contributed by atoms with Crippen molar-refractivity contribution < 1.29 is 15.0 Å². The van der Waals surface area contributed by atoms with Crippen molar-refractivity contribution in [2.45, 2.75) is 6.10 Å². The number of carbonyl (C=O) groups is 1. The second kappa shape index (κ2) is 4.58. The van der Waals surface area contributed by atoms with E-state index in [1.807, 2.05) is 22.6 Å². The van der Waals surface area contributed by atoms with Crippen molar-refractivity contribution in [3.05, 3.63) is 27.3 Å². The average Bonchev–Trinajstić information content (AvgIpc) is 2.17. The molecule has 0 heterocycles. The standard InChI is InChI=1S/C8H9IN2O3/c9-6-2-1-4(11-10)3-5(6)7(12)8(13)14/h1-3,7,11-12H,10H2,(H,13,14). The summed E-state index contributed by atoms with van der Waals surface area (Å²) in [5.74, 6) is 3.88. The van der Waals surface area contributed by atoms with Gasteiger partial charge in [-0.05, 0) is 40.8 Å². The molecule has 14 heavy (non-hydrogen) atoms. The Morgan fingerprint density at radius 2 is 2.21 bits per heavy atom. The Hall–Kier alpha value is -0.860. The minimum absolute atomic E-state index is 0.327. The fraction of sp³-hybridized carbons (Fsp3) is 0.125. The topological polar surface area (TPSA) is 95.6 Å². The first kappa shape index (κ1) is 11.2. The first-order valence-corrected chi connectivity index (χ1v) is 4.81. The maximum Gasteiger partial charge on any atom is 0.337 e. The van der Waals surface area contributed by atoms with Crippen LogP contribution in [0.25, 0.3) is 0 Å². The van der Waals surface area contributed by atoms with Gasteiger partial charge in [0.25, 0.3) is 0 Å². The van der Waals surface area contributed by atoms with Crippen molar-refractivity contribution in [1.82, 2.24) is 0 Å². The zero-order valence-corrected chi connectivity index (χ0v) is 9.22. The van der Waals surface area contributed by atoms with Crippen LogP contribution in [-0.4, -0.2) is 16.2 Å². The van der Waals surface area contributed by atoms with Gasteiger partial charge in [-0.3, -0.25) is 5.84 Å². The lowest BCUT2D eigenvalue weighted by atomic mass is 10.1. The van der Waals surface area contributed by atoms with Gasteiger partial charge in [0.1, 0.15) is 0 Å². The summed E-state index contributed by atoms with van der Waals surface area (Å²) in [4.78, 5) is 10.5. The molecule has 0 bridgehead atoms. The van der Waals surface area contributed by atoms with Crippen molar-refractivity contribution in [2.24, 2.45) is 5.84 Å². The smallest absolute Gasteiger partial charge is 0.337 e. The van der Waals surface area contributed by atoms with Gasteiger partial charge in [0.05, 0.1) is 0 Å². The van der Waals surface area contributed by atoms with E-state index in [4.69, 9.17) is 10.9 Å². The fourth-order valence-corrected chi connectivity index (χ4v) is 1.61. The maximum absolute atomic E-state index is 10.5. The third kappa shape index (κ3) is 2.34.